The molecule has 0 saturated heterocycles. The molecule has 0 aromatic rings. The van der Waals surface area contributed by atoms with Crippen LogP contribution in [-0.4, -0.2) is 51.9 Å². The van der Waals surface area contributed by atoms with Gasteiger partial charge in [0.25, 0.3) is 0 Å². The standard InChI is InChI=1S/C18H25N3O3S/c1-5-6-15(12-7-13(22)9-14(23)8-12)20-17(24)18(3)10-25-16(21-18)11(2)19-4/h7,9,15,22H,5-6,8,10H2,1-4H3,(H,20,24)/t15-,18+/m1/s1. The Kier molecular flexibility index (Phi) is 6.21. The Morgan fingerprint density at radius 1 is 1.52 bits per heavy atom. The number of carbonyl (C=O) groups excluding carboxylic acids is 2. The summed E-state index contributed by atoms with van der Waals surface area (Å²) in [6.07, 6.45) is 4.56. The topological polar surface area (TPSA) is 91.1 Å². The van der Waals surface area contributed by atoms with Crippen LogP contribution in [0.15, 0.2) is 33.5 Å². The van der Waals surface area contributed by atoms with Gasteiger partial charge in [-0.25, -0.2) is 0 Å². The second-order valence-corrected chi connectivity index (χ2v) is 7.50. The summed E-state index contributed by atoms with van der Waals surface area (Å²) < 4.78 is 0. The van der Waals surface area contributed by atoms with Crippen molar-refractivity contribution < 1.29 is 14.7 Å². The first-order valence-electron chi connectivity index (χ1n) is 8.40. The van der Waals surface area contributed by atoms with Gasteiger partial charge in [0.15, 0.2) is 5.78 Å². The molecule has 0 aromatic heterocycles. The van der Waals surface area contributed by atoms with Crippen LogP contribution in [0, 0.1) is 0 Å². The maximum Gasteiger partial charge on any atom is 0.249 e. The summed E-state index contributed by atoms with van der Waals surface area (Å²) in [5, 5.41) is 13.5. The Labute approximate surface area is 152 Å². The van der Waals surface area contributed by atoms with Crippen molar-refractivity contribution in [2.24, 2.45) is 9.98 Å². The number of aliphatic hydroxyl groups excluding tert-OH is 1. The maximum absolute atomic E-state index is 12.9. The van der Waals surface area contributed by atoms with Crippen LogP contribution in [0.2, 0.25) is 0 Å². The zero-order valence-corrected chi connectivity index (χ0v) is 15.9. The summed E-state index contributed by atoms with van der Waals surface area (Å²) in [6.45, 7) is 5.71. The number of hydrogen-bond donors (Lipinski definition) is 2. The molecule has 0 radical (unpaired) electrons. The molecular formula is C18H25N3O3S. The molecule has 0 spiro atoms. The van der Waals surface area contributed by atoms with E-state index in [1.54, 1.807) is 13.1 Å². The third-order valence-corrected chi connectivity index (χ3v) is 5.69. The summed E-state index contributed by atoms with van der Waals surface area (Å²) in [5.41, 5.74) is 0.710. The zero-order valence-electron chi connectivity index (χ0n) is 15.1. The lowest BCUT2D eigenvalue weighted by Crippen LogP contribution is -2.48. The normalized spacial score (nSPS) is 25.2. The molecule has 0 fully saturated rings. The number of carbonyl (C=O) groups is 2. The van der Waals surface area contributed by atoms with Gasteiger partial charge >= 0.3 is 0 Å². The molecule has 0 bridgehead atoms. The Balaban J connectivity index is 2.17. The van der Waals surface area contributed by atoms with Gasteiger partial charge in [-0.3, -0.25) is 19.6 Å². The minimum Gasteiger partial charge on any atom is -0.508 e. The van der Waals surface area contributed by atoms with E-state index in [9.17, 15) is 14.7 Å². The monoisotopic (exact) mass is 363 g/mol. The Morgan fingerprint density at radius 3 is 2.84 bits per heavy atom. The highest BCUT2D eigenvalue weighted by molar-refractivity contribution is 8.16. The van der Waals surface area contributed by atoms with E-state index in [0.29, 0.717) is 12.2 Å². The van der Waals surface area contributed by atoms with E-state index in [4.69, 9.17) is 0 Å². The molecule has 2 N–H and O–H groups in total. The van der Waals surface area contributed by atoms with Crippen molar-refractivity contribution in [3.63, 3.8) is 0 Å². The molecule has 136 valence electrons. The largest absolute Gasteiger partial charge is 0.508 e. The smallest absolute Gasteiger partial charge is 0.249 e. The Hall–Kier alpha value is -1.89. The fourth-order valence-corrected chi connectivity index (χ4v) is 3.95. The summed E-state index contributed by atoms with van der Waals surface area (Å²) in [4.78, 5) is 33.3. The van der Waals surface area contributed by atoms with Gasteiger partial charge in [0.05, 0.1) is 11.8 Å². The molecule has 2 atom stereocenters. The van der Waals surface area contributed by atoms with Gasteiger partial charge in [-0.1, -0.05) is 13.3 Å². The molecule has 7 heteroatoms. The molecule has 2 aliphatic rings. The third-order valence-electron chi connectivity index (χ3n) is 4.32. The first-order chi connectivity index (χ1) is 11.8. The lowest BCUT2D eigenvalue weighted by molar-refractivity contribution is -0.125. The van der Waals surface area contributed by atoms with Crippen LogP contribution < -0.4 is 5.32 Å². The van der Waals surface area contributed by atoms with Crippen molar-refractivity contribution in [3.8, 4) is 0 Å². The third kappa shape index (κ3) is 4.60. The summed E-state index contributed by atoms with van der Waals surface area (Å²) in [5.74, 6) is 0.186. The van der Waals surface area contributed by atoms with Gasteiger partial charge in [-0.2, -0.15) is 0 Å². The lowest BCUT2D eigenvalue weighted by Gasteiger charge is -2.27. The number of rotatable bonds is 6. The van der Waals surface area contributed by atoms with Gasteiger partial charge in [0.2, 0.25) is 5.91 Å². The Bertz CT molecular complexity index is 694. The quantitative estimate of drug-likeness (QED) is 0.710. The van der Waals surface area contributed by atoms with Crippen molar-refractivity contribution >= 4 is 34.2 Å². The van der Waals surface area contributed by atoms with E-state index in [1.807, 2.05) is 20.8 Å². The summed E-state index contributed by atoms with van der Waals surface area (Å²) >= 11 is 1.53. The molecule has 1 aliphatic heterocycles. The first kappa shape index (κ1) is 19.4. The van der Waals surface area contributed by atoms with Gasteiger partial charge in [0.1, 0.15) is 16.3 Å². The number of hydrogen-bond acceptors (Lipinski definition) is 6. The average Bonchev–Trinajstić information content (AvgIpc) is 2.96. The molecule has 0 aromatic carbocycles. The minimum absolute atomic E-state index is 0.0562. The predicted octanol–water partition coefficient (Wildman–Crippen LogP) is 2.61. The van der Waals surface area contributed by atoms with Crippen molar-refractivity contribution in [3.05, 3.63) is 23.5 Å². The van der Waals surface area contributed by atoms with Crippen LogP contribution in [0.1, 0.15) is 40.0 Å². The van der Waals surface area contributed by atoms with Gasteiger partial charge < -0.3 is 10.4 Å². The molecule has 0 unspecified atom stereocenters. The molecule has 1 heterocycles. The fourth-order valence-electron chi connectivity index (χ4n) is 2.77. The van der Waals surface area contributed by atoms with E-state index in [0.717, 1.165) is 22.7 Å². The lowest BCUT2D eigenvalue weighted by atomic mass is 9.92. The zero-order chi connectivity index (χ0) is 18.6. The number of thioether (sulfide) groups is 1. The van der Waals surface area contributed by atoms with Gasteiger partial charge in [-0.15, -0.1) is 11.8 Å². The SMILES string of the molecule is CCC[C@@H](NC(=O)[C@]1(C)CSC(C(C)=NC)=N1)C1=CC(O)=CC(=O)C1. The molecule has 25 heavy (non-hydrogen) atoms. The van der Waals surface area contributed by atoms with Crippen LogP contribution in [0.3, 0.4) is 0 Å². The van der Waals surface area contributed by atoms with E-state index in [-0.39, 0.29) is 29.9 Å². The summed E-state index contributed by atoms with van der Waals surface area (Å²) in [6, 6.07) is -0.278. The number of nitrogens with one attached hydrogen (secondary N) is 1. The molecule has 6 nitrogen and oxygen atoms in total. The second kappa shape index (κ2) is 7.99. The number of allylic oxidation sites excluding steroid dienone is 2. The van der Waals surface area contributed by atoms with Crippen LogP contribution in [-0.2, 0) is 9.59 Å². The van der Waals surface area contributed by atoms with Crippen LogP contribution >= 0.6 is 11.8 Å². The minimum atomic E-state index is -0.852. The molecule has 1 amide bonds. The molecule has 2 rings (SSSR count). The van der Waals surface area contributed by atoms with Crippen molar-refractivity contribution in [1.29, 1.82) is 0 Å². The predicted molar refractivity (Wildman–Crippen MR) is 103 cm³/mol. The van der Waals surface area contributed by atoms with Gasteiger partial charge in [-0.05, 0) is 31.9 Å². The molecule has 1 aliphatic carbocycles. The molecule has 0 saturated carbocycles. The molecular weight excluding hydrogens is 338 g/mol. The highest BCUT2D eigenvalue weighted by Gasteiger charge is 2.40. The second-order valence-electron chi connectivity index (χ2n) is 6.53. The van der Waals surface area contributed by atoms with Crippen LogP contribution in [0.5, 0.6) is 0 Å². The maximum atomic E-state index is 12.9. The summed E-state index contributed by atoms with van der Waals surface area (Å²) in [7, 11) is 1.71. The average molecular weight is 363 g/mol. The highest BCUT2D eigenvalue weighted by Crippen LogP contribution is 2.29. The van der Waals surface area contributed by atoms with Crippen molar-refractivity contribution in [2.75, 3.05) is 12.8 Å². The van der Waals surface area contributed by atoms with E-state index in [2.05, 4.69) is 15.3 Å². The fraction of sp³-hybridized carbons (Fsp3) is 0.556. The number of ketones is 1. The van der Waals surface area contributed by atoms with Gasteiger partial charge in [0, 0.05) is 25.3 Å². The number of nitrogens with zero attached hydrogens (tertiary/aromatic N) is 2. The van der Waals surface area contributed by atoms with E-state index in [1.165, 1.54) is 17.8 Å². The number of aliphatic hydroxyl groups is 1. The van der Waals surface area contributed by atoms with Crippen molar-refractivity contribution in [2.45, 2.75) is 51.6 Å². The van der Waals surface area contributed by atoms with Crippen molar-refractivity contribution in [1.82, 2.24) is 5.32 Å². The first-order valence-corrected chi connectivity index (χ1v) is 9.39. The number of amides is 1. The highest BCUT2D eigenvalue weighted by atomic mass is 32.2. The Morgan fingerprint density at radius 2 is 2.24 bits per heavy atom. The van der Waals surface area contributed by atoms with Crippen LogP contribution in [0.4, 0.5) is 0 Å². The number of aliphatic imine (C=N–C) groups is 2. The van der Waals surface area contributed by atoms with E-state index >= 15 is 0 Å². The van der Waals surface area contributed by atoms with E-state index < -0.39 is 5.54 Å². The van der Waals surface area contributed by atoms with Crippen LogP contribution in [0.25, 0.3) is 0 Å².